The van der Waals surface area contributed by atoms with Crippen LogP contribution in [0.5, 0.6) is 0 Å². The van der Waals surface area contributed by atoms with Gasteiger partial charge in [-0.25, -0.2) is 0 Å². The Kier molecular flexibility index (Phi) is 7.51. The van der Waals surface area contributed by atoms with Crippen LogP contribution in [-0.4, -0.2) is 38.3 Å². The molecule has 0 amide bonds. The summed E-state index contributed by atoms with van der Waals surface area (Å²) < 4.78 is 5.05. The van der Waals surface area contributed by atoms with Gasteiger partial charge in [-0.1, -0.05) is 20.8 Å². The first-order chi connectivity index (χ1) is 5.86. The van der Waals surface area contributed by atoms with Gasteiger partial charge in [-0.15, -0.1) is 0 Å². The summed E-state index contributed by atoms with van der Waals surface area (Å²) in [5.74, 6) is 0.816. The van der Waals surface area contributed by atoms with Gasteiger partial charge in [0, 0.05) is 26.1 Å². The Labute approximate surface area is 76.9 Å². The molecule has 74 valence electrons. The molecular formula is C10H23NO. The van der Waals surface area contributed by atoms with E-state index in [1.54, 1.807) is 7.11 Å². The third-order valence-electron chi connectivity index (χ3n) is 1.97. The van der Waals surface area contributed by atoms with E-state index in [0.29, 0.717) is 0 Å². The Hall–Kier alpha value is -0.0800. The molecule has 1 fully saturated rings. The second-order valence-corrected chi connectivity index (χ2v) is 3.08. The Bertz CT molecular complexity index is 79.8. The van der Waals surface area contributed by atoms with Crippen LogP contribution in [0, 0.1) is 5.92 Å². The lowest BCUT2D eigenvalue weighted by atomic mass is 10.0. The number of rotatable bonds is 4. The lowest BCUT2D eigenvalue weighted by molar-refractivity contribution is 0.0346. The molecule has 0 aliphatic carbocycles. The number of hydrogen-bond donors (Lipinski definition) is 0. The second kappa shape index (κ2) is 7.56. The van der Waals surface area contributed by atoms with E-state index >= 15 is 0 Å². The van der Waals surface area contributed by atoms with E-state index in [1.807, 2.05) is 13.8 Å². The molecule has 1 heterocycles. The van der Waals surface area contributed by atoms with Gasteiger partial charge in [0.15, 0.2) is 0 Å². The zero-order chi connectivity index (χ0) is 9.40. The molecule has 2 nitrogen and oxygen atoms in total. The first-order valence-electron chi connectivity index (χ1n) is 5.08. The van der Waals surface area contributed by atoms with Gasteiger partial charge >= 0.3 is 0 Å². The molecule has 1 aliphatic rings. The zero-order valence-electron chi connectivity index (χ0n) is 8.97. The molecule has 0 radical (unpaired) electrons. The van der Waals surface area contributed by atoms with Crippen molar-refractivity contribution in [3.63, 3.8) is 0 Å². The maximum absolute atomic E-state index is 5.05. The van der Waals surface area contributed by atoms with Gasteiger partial charge in [0.25, 0.3) is 0 Å². The standard InChI is InChI=1S/C8H17NO.C2H6/c1-3-4-9-5-8(6-9)7-10-2;1-2/h8H,3-7H2,1-2H3;1-2H3. The van der Waals surface area contributed by atoms with E-state index in [1.165, 1.54) is 26.1 Å². The van der Waals surface area contributed by atoms with Crippen LogP contribution in [0.25, 0.3) is 0 Å². The van der Waals surface area contributed by atoms with E-state index in [-0.39, 0.29) is 0 Å². The molecule has 0 aromatic heterocycles. The molecule has 1 aliphatic heterocycles. The number of ether oxygens (including phenoxy) is 1. The van der Waals surface area contributed by atoms with E-state index in [9.17, 15) is 0 Å². The maximum atomic E-state index is 5.05. The Morgan fingerprint density at radius 1 is 1.33 bits per heavy atom. The highest BCUT2D eigenvalue weighted by molar-refractivity contribution is 4.78. The molecule has 12 heavy (non-hydrogen) atoms. The predicted octanol–water partition coefficient (Wildman–Crippen LogP) is 2.00. The van der Waals surface area contributed by atoms with Crippen molar-refractivity contribution >= 4 is 0 Å². The van der Waals surface area contributed by atoms with Crippen molar-refractivity contribution in [3.8, 4) is 0 Å². The van der Waals surface area contributed by atoms with Crippen molar-refractivity contribution < 1.29 is 4.74 Å². The molecule has 0 spiro atoms. The molecule has 1 rings (SSSR count). The summed E-state index contributed by atoms with van der Waals surface area (Å²) in [6.07, 6.45) is 1.28. The maximum Gasteiger partial charge on any atom is 0.0515 e. The SMILES string of the molecule is CC.CCCN1CC(COC)C1. The average molecular weight is 173 g/mol. The molecule has 1 saturated heterocycles. The first-order valence-corrected chi connectivity index (χ1v) is 5.08. The average Bonchev–Trinajstić information content (AvgIpc) is 2.05. The largest absolute Gasteiger partial charge is 0.384 e. The van der Waals surface area contributed by atoms with Gasteiger partial charge in [0.2, 0.25) is 0 Å². The molecule has 0 atom stereocenters. The van der Waals surface area contributed by atoms with Crippen LogP contribution in [0.15, 0.2) is 0 Å². The van der Waals surface area contributed by atoms with Gasteiger partial charge in [0.1, 0.15) is 0 Å². The van der Waals surface area contributed by atoms with Crippen molar-refractivity contribution in [1.29, 1.82) is 0 Å². The van der Waals surface area contributed by atoms with E-state index in [0.717, 1.165) is 12.5 Å². The minimum Gasteiger partial charge on any atom is -0.384 e. The van der Waals surface area contributed by atoms with Gasteiger partial charge in [-0.3, -0.25) is 0 Å². The van der Waals surface area contributed by atoms with Crippen LogP contribution >= 0.6 is 0 Å². The van der Waals surface area contributed by atoms with Crippen LogP contribution in [-0.2, 0) is 4.74 Å². The molecule has 0 saturated carbocycles. The van der Waals surface area contributed by atoms with Crippen molar-refractivity contribution in [2.45, 2.75) is 27.2 Å². The van der Waals surface area contributed by atoms with Crippen LogP contribution in [0.3, 0.4) is 0 Å². The second-order valence-electron chi connectivity index (χ2n) is 3.08. The third-order valence-corrected chi connectivity index (χ3v) is 1.97. The fraction of sp³-hybridized carbons (Fsp3) is 1.00. The fourth-order valence-corrected chi connectivity index (χ4v) is 1.52. The number of nitrogens with zero attached hydrogens (tertiary/aromatic N) is 1. The lowest BCUT2D eigenvalue weighted by Crippen LogP contribution is -2.48. The van der Waals surface area contributed by atoms with E-state index in [4.69, 9.17) is 4.74 Å². The lowest BCUT2D eigenvalue weighted by Gasteiger charge is -2.38. The minimum absolute atomic E-state index is 0.816. The highest BCUT2D eigenvalue weighted by Gasteiger charge is 2.24. The molecule has 2 heteroatoms. The van der Waals surface area contributed by atoms with E-state index < -0.39 is 0 Å². The van der Waals surface area contributed by atoms with E-state index in [2.05, 4.69) is 11.8 Å². The Morgan fingerprint density at radius 2 is 1.92 bits per heavy atom. The van der Waals surface area contributed by atoms with Crippen molar-refractivity contribution in [2.75, 3.05) is 33.4 Å². The highest BCUT2D eigenvalue weighted by atomic mass is 16.5. The summed E-state index contributed by atoms with van der Waals surface area (Å²) in [6.45, 7) is 10.9. The van der Waals surface area contributed by atoms with Gasteiger partial charge in [-0.2, -0.15) is 0 Å². The van der Waals surface area contributed by atoms with Crippen LogP contribution < -0.4 is 0 Å². The molecule has 0 bridgehead atoms. The Morgan fingerprint density at radius 3 is 2.33 bits per heavy atom. The van der Waals surface area contributed by atoms with Gasteiger partial charge < -0.3 is 9.64 Å². The molecule has 0 aromatic rings. The van der Waals surface area contributed by atoms with Crippen LogP contribution in [0.1, 0.15) is 27.2 Å². The molecule has 0 aromatic carbocycles. The quantitative estimate of drug-likeness (QED) is 0.644. The van der Waals surface area contributed by atoms with Gasteiger partial charge in [-0.05, 0) is 13.0 Å². The van der Waals surface area contributed by atoms with Crippen LogP contribution in [0.4, 0.5) is 0 Å². The summed E-state index contributed by atoms with van der Waals surface area (Å²) in [5.41, 5.74) is 0. The third kappa shape index (κ3) is 4.07. The number of methoxy groups -OCH3 is 1. The molecule has 0 N–H and O–H groups in total. The van der Waals surface area contributed by atoms with Crippen molar-refractivity contribution in [3.05, 3.63) is 0 Å². The van der Waals surface area contributed by atoms with Crippen molar-refractivity contribution in [1.82, 2.24) is 4.90 Å². The summed E-state index contributed by atoms with van der Waals surface area (Å²) >= 11 is 0. The summed E-state index contributed by atoms with van der Waals surface area (Å²) in [4.78, 5) is 2.48. The number of likely N-dealkylation sites (tertiary alicyclic amines) is 1. The number of hydrogen-bond acceptors (Lipinski definition) is 2. The normalized spacial score (nSPS) is 18.0. The van der Waals surface area contributed by atoms with Crippen LogP contribution in [0.2, 0.25) is 0 Å². The summed E-state index contributed by atoms with van der Waals surface area (Å²) in [7, 11) is 1.78. The van der Waals surface area contributed by atoms with Gasteiger partial charge in [0.05, 0.1) is 6.61 Å². The highest BCUT2D eigenvalue weighted by Crippen LogP contribution is 2.14. The predicted molar refractivity (Wildman–Crippen MR) is 53.4 cm³/mol. The fourth-order valence-electron chi connectivity index (χ4n) is 1.52. The molecule has 0 unspecified atom stereocenters. The Balaban J connectivity index is 0.000000561. The summed E-state index contributed by atoms with van der Waals surface area (Å²) in [6, 6.07) is 0. The van der Waals surface area contributed by atoms with Crippen molar-refractivity contribution in [2.24, 2.45) is 5.92 Å². The monoisotopic (exact) mass is 173 g/mol. The smallest absolute Gasteiger partial charge is 0.0515 e. The zero-order valence-corrected chi connectivity index (χ0v) is 8.97. The topological polar surface area (TPSA) is 12.5 Å². The summed E-state index contributed by atoms with van der Waals surface area (Å²) in [5, 5.41) is 0. The minimum atomic E-state index is 0.816. The molecular weight excluding hydrogens is 150 g/mol. The first kappa shape index (κ1) is 11.9.